The van der Waals surface area contributed by atoms with Gasteiger partial charge < -0.3 is 10.5 Å². The highest BCUT2D eigenvalue weighted by Crippen LogP contribution is 2.43. The maximum absolute atomic E-state index is 6.62. The van der Waals surface area contributed by atoms with Crippen LogP contribution in [-0.4, -0.2) is 17.2 Å². The summed E-state index contributed by atoms with van der Waals surface area (Å²) < 4.78 is 6.20. The Labute approximate surface area is 128 Å². The van der Waals surface area contributed by atoms with E-state index in [9.17, 15) is 0 Å². The number of aromatic nitrogens is 1. The third kappa shape index (κ3) is 3.14. The van der Waals surface area contributed by atoms with Gasteiger partial charge in [0.1, 0.15) is 0 Å². The molecule has 2 heterocycles. The van der Waals surface area contributed by atoms with Crippen LogP contribution >= 0.6 is 0 Å². The van der Waals surface area contributed by atoms with Gasteiger partial charge in [-0.2, -0.15) is 0 Å². The van der Waals surface area contributed by atoms with Crippen molar-refractivity contribution >= 4 is 0 Å². The molecule has 0 bridgehead atoms. The topological polar surface area (TPSA) is 48.1 Å². The van der Waals surface area contributed by atoms with E-state index in [1.54, 1.807) is 0 Å². The zero-order chi connectivity index (χ0) is 14.7. The van der Waals surface area contributed by atoms with Crippen LogP contribution in [0.15, 0.2) is 18.3 Å². The number of hydrogen-bond acceptors (Lipinski definition) is 3. The standard InChI is InChI=1S/C18H28N2O/c1-2-14-7-6-11-20-17(14)16(19)15-8-12-21-18(13-15)9-4-3-5-10-18/h6-7,11,15-16H,2-5,8-10,12-13,19H2,1H3. The molecule has 2 unspecified atom stereocenters. The molecule has 0 radical (unpaired) electrons. The highest BCUT2D eigenvalue weighted by atomic mass is 16.5. The third-order valence-corrected chi connectivity index (χ3v) is 5.43. The predicted molar refractivity (Wildman–Crippen MR) is 85.0 cm³/mol. The third-order valence-electron chi connectivity index (χ3n) is 5.43. The molecule has 1 saturated carbocycles. The van der Waals surface area contributed by atoms with Crippen molar-refractivity contribution in [2.75, 3.05) is 6.61 Å². The van der Waals surface area contributed by atoms with Crippen LogP contribution < -0.4 is 5.73 Å². The zero-order valence-corrected chi connectivity index (χ0v) is 13.2. The minimum absolute atomic E-state index is 0.0591. The molecule has 116 valence electrons. The van der Waals surface area contributed by atoms with Crippen LogP contribution in [0.25, 0.3) is 0 Å². The van der Waals surface area contributed by atoms with Crippen LogP contribution in [0.3, 0.4) is 0 Å². The molecule has 3 heteroatoms. The maximum atomic E-state index is 6.62. The van der Waals surface area contributed by atoms with E-state index in [-0.39, 0.29) is 11.6 Å². The highest BCUT2D eigenvalue weighted by Gasteiger charge is 2.40. The van der Waals surface area contributed by atoms with Gasteiger partial charge in [-0.1, -0.05) is 32.3 Å². The smallest absolute Gasteiger partial charge is 0.0686 e. The molecule has 1 aliphatic carbocycles. The van der Waals surface area contributed by atoms with Gasteiger partial charge in [0.25, 0.3) is 0 Å². The number of nitrogens with two attached hydrogens (primary N) is 1. The van der Waals surface area contributed by atoms with Gasteiger partial charge in [0.05, 0.1) is 17.3 Å². The lowest BCUT2D eigenvalue weighted by Crippen LogP contribution is -2.44. The number of pyridine rings is 1. The Bertz CT molecular complexity index is 463. The van der Waals surface area contributed by atoms with Crippen molar-refractivity contribution in [3.8, 4) is 0 Å². The summed E-state index contributed by atoms with van der Waals surface area (Å²) in [7, 11) is 0. The van der Waals surface area contributed by atoms with Gasteiger partial charge >= 0.3 is 0 Å². The van der Waals surface area contributed by atoms with Gasteiger partial charge in [-0.25, -0.2) is 0 Å². The summed E-state index contributed by atoms with van der Waals surface area (Å²) in [6, 6.07) is 4.24. The molecule has 2 aliphatic rings. The fourth-order valence-electron chi connectivity index (χ4n) is 4.19. The molecule has 3 rings (SSSR count). The summed E-state index contributed by atoms with van der Waals surface area (Å²) in [4.78, 5) is 4.59. The summed E-state index contributed by atoms with van der Waals surface area (Å²) >= 11 is 0. The first-order valence-corrected chi connectivity index (χ1v) is 8.57. The summed E-state index contributed by atoms with van der Waals surface area (Å²) in [5.74, 6) is 0.511. The minimum Gasteiger partial charge on any atom is -0.375 e. The van der Waals surface area contributed by atoms with Crippen LogP contribution in [0.1, 0.15) is 69.2 Å². The number of nitrogens with zero attached hydrogens (tertiary/aromatic N) is 1. The van der Waals surface area contributed by atoms with Crippen molar-refractivity contribution in [3.63, 3.8) is 0 Å². The molecule has 1 saturated heterocycles. The molecule has 3 nitrogen and oxygen atoms in total. The second kappa shape index (κ2) is 6.45. The molecule has 2 fully saturated rings. The fourth-order valence-corrected chi connectivity index (χ4v) is 4.19. The lowest BCUT2D eigenvalue weighted by Gasteiger charge is -2.45. The van der Waals surface area contributed by atoms with Gasteiger partial charge in [-0.05, 0) is 49.7 Å². The molecular formula is C18H28N2O. The maximum Gasteiger partial charge on any atom is 0.0686 e. The monoisotopic (exact) mass is 288 g/mol. The zero-order valence-electron chi connectivity index (χ0n) is 13.2. The Kier molecular flexibility index (Phi) is 4.60. The summed E-state index contributed by atoms with van der Waals surface area (Å²) in [6.07, 6.45) is 11.5. The molecule has 0 amide bonds. The average Bonchev–Trinajstić information content (AvgIpc) is 2.55. The van der Waals surface area contributed by atoms with Crippen LogP contribution in [0.2, 0.25) is 0 Å². The first-order valence-electron chi connectivity index (χ1n) is 8.57. The molecule has 0 aromatic carbocycles. The second-order valence-corrected chi connectivity index (χ2v) is 6.77. The van der Waals surface area contributed by atoms with Gasteiger partial charge in [0, 0.05) is 12.8 Å². The number of rotatable bonds is 3. The van der Waals surface area contributed by atoms with Crippen LogP contribution in [0.4, 0.5) is 0 Å². The molecular weight excluding hydrogens is 260 g/mol. The van der Waals surface area contributed by atoms with E-state index in [0.29, 0.717) is 5.92 Å². The molecule has 1 aliphatic heterocycles. The van der Waals surface area contributed by atoms with Gasteiger partial charge in [-0.15, -0.1) is 0 Å². The van der Waals surface area contributed by atoms with Crippen molar-refractivity contribution in [2.45, 2.75) is 69.9 Å². The predicted octanol–water partition coefficient (Wildman–Crippen LogP) is 3.77. The molecule has 1 aromatic rings. The normalized spacial score (nSPS) is 26.7. The van der Waals surface area contributed by atoms with E-state index in [0.717, 1.165) is 31.6 Å². The number of hydrogen-bond donors (Lipinski definition) is 1. The van der Waals surface area contributed by atoms with E-state index in [1.807, 2.05) is 12.3 Å². The van der Waals surface area contributed by atoms with Crippen LogP contribution in [0.5, 0.6) is 0 Å². The molecule has 2 atom stereocenters. The van der Waals surface area contributed by atoms with Crippen LogP contribution in [-0.2, 0) is 11.2 Å². The lowest BCUT2D eigenvalue weighted by molar-refractivity contribution is -0.120. The Balaban J connectivity index is 1.76. The molecule has 2 N–H and O–H groups in total. The Morgan fingerprint density at radius 1 is 1.38 bits per heavy atom. The van der Waals surface area contributed by atoms with E-state index >= 15 is 0 Å². The quantitative estimate of drug-likeness (QED) is 0.921. The minimum atomic E-state index is 0.0591. The molecule has 1 spiro atoms. The largest absolute Gasteiger partial charge is 0.375 e. The number of ether oxygens (including phenoxy) is 1. The van der Waals surface area contributed by atoms with Crippen molar-refractivity contribution in [3.05, 3.63) is 29.6 Å². The SMILES string of the molecule is CCc1cccnc1C(N)C1CCOC2(CCCCC2)C1. The summed E-state index contributed by atoms with van der Waals surface area (Å²) in [5.41, 5.74) is 9.15. The van der Waals surface area contributed by atoms with E-state index in [2.05, 4.69) is 18.0 Å². The van der Waals surface area contributed by atoms with Crippen molar-refractivity contribution in [1.82, 2.24) is 4.98 Å². The van der Waals surface area contributed by atoms with Gasteiger partial charge in [-0.3, -0.25) is 4.98 Å². The summed E-state index contributed by atoms with van der Waals surface area (Å²) in [6.45, 7) is 3.05. The highest BCUT2D eigenvalue weighted by molar-refractivity contribution is 5.23. The Morgan fingerprint density at radius 3 is 2.95 bits per heavy atom. The fraction of sp³-hybridized carbons (Fsp3) is 0.722. The van der Waals surface area contributed by atoms with Crippen molar-refractivity contribution in [1.29, 1.82) is 0 Å². The van der Waals surface area contributed by atoms with Crippen molar-refractivity contribution < 1.29 is 4.74 Å². The average molecular weight is 288 g/mol. The van der Waals surface area contributed by atoms with Crippen molar-refractivity contribution in [2.24, 2.45) is 11.7 Å². The lowest BCUT2D eigenvalue weighted by atomic mass is 9.73. The summed E-state index contributed by atoms with van der Waals surface area (Å²) in [5, 5.41) is 0. The number of aryl methyl sites for hydroxylation is 1. The first kappa shape index (κ1) is 15.0. The van der Waals surface area contributed by atoms with E-state index in [1.165, 1.54) is 37.7 Å². The Morgan fingerprint density at radius 2 is 2.19 bits per heavy atom. The first-order chi connectivity index (χ1) is 10.2. The van der Waals surface area contributed by atoms with Crippen LogP contribution in [0, 0.1) is 5.92 Å². The van der Waals surface area contributed by atoms with Gasteiger partial charge in [0.15, 0.2) is 0 Å². The van der Waals surface area contributed by atoms with E-state index < -0.39 is 0 Å². The van der Waals surface area contributed by atoms with Gasteiger partial charge in [0.2, 0.25) is 0 Å². The second-order valence-electron chi connectivity index (χ2n) is 6.77. The Hall–Kier alpha value is -0.930. The molecule has 1 aromatic heterocycles. The van der Waals surface area contributed by atoms with E-state index in [4.69, 9.17) is 10.5 Å². The molecule has 21 heavy (non-hydrogen) atoms.